The van der Waals surface area contributed by atoms with E-state index >= 15 is 0 Å². The summed E-state index contributed by atoms with van der Waals surface area (Å²) in [6, 6.07) is 0. The van der Waals surface area contributed by atoms with Gasteiger partial charge in [0.05, 0.1) is 18.8 Å². The van der Waals surface area contributed by atoms with Crippen LogP contribution in [0.15, 0.2) is 11.7 Å². The molecular formula is C14H21N5O2S. The highest BCUT2D eigenvalue weighted by atomic mass is 32.1. The normalized spacial score (nSPS) is 11.1. The Bertz CT molecular complexity index is 622. The van der Waals surface area contributed by atoms with E-state index in [4.69, 9.17) is 4.74 Å². The Hall–Kier alpha value is -1.80. The fraction of sp³-hybridized carbons (Fsp3) is 0.571. The lowest BCUT2D eigenvalue weighted by Crippen LogP contribution is -2.28. The smallest absolute Gasteiger partial charge is 0.282 e. The Kier molecular flexibility index (Phi) is 5.62. The van der Waals surface area contributed by atoms with E-state index in [1.54, 1.807) is 25.4 Å². The lowest BCUT2D eigenvalue weighted by atomic mass is 10.2. The van der Waals surface area contributed by atoms with Crippen LogP contribution in [0.4, 0.5) is 0 Å². The first-order valence-electron chi connectivity index (χ1n) is 7.09. The second-order valence-electron chi connectivity index (χ2n) is 5.33. The second-order valence-corrected chi connectivity index (χ2v) is 6.18. The van der Waals surface area contributed by atoms with Gasteiger partial charge in [-0.05, 0) is 5.92 Å². The van der Waals surface area contributed by atoms with Gasteiger partial charge in [-0.1, -0.05) is 13.8 Å². The van der Waals surface area contributed by atoms with E-state index in [1.165, 1.54) is 11.3 Å². The van der Waals surface area contributed by atoms with Crippen LogP contribution >= 0.6 is 11.3 Å². The van der Waals surface area contributed by atoms with Crippen molar-refractivity contribution in [3.8, 4) is 0 Å². The number of thiazole rings is 1. The van der Waals surface area contributed by atoms with Crippen LogP contribution in [-0.4, -0.2) is 51.3 Å². The van der Waals surface area contributed by atoms with Crippen LogP contribution < -0.4 is 0 Å². The first kappa shape index (κ1) is 16.6. The third-order valence-corrected chi connectivity index (χ3v) is 4.10. The van der Waals surface area contributed by atoms with E-state index < -0.39 is 0 Å². The molecule has 2 aromatic heterocycles. The van der Waals surface area contributed by atoms with Crippen molar-refractivity contribution in [2.24, 2.45) is 0 Å². The predicted molar refractivity (Wildman–Crippen MR) is 83.9 cm³/mol. The maximum Gasteiger partial charge on any atom is 0.282 e. The second kappa shape index (κ2) is 7.46. The Morgan fingerprint density at radius 3 is 2.91 bits per heavy atom. The number of aromatic nitrogens is 4. The highest BCUT2D eigenvalue weighted by Gasteiger charge is 2.19. The van der Waals surface area contributed by atoms with Gasteiger partial charge >= 0.3 is 0 Å². The van der Waals surface area contributed by atoms with Crippen molar-refractivity contribution in [1.29, 1.82) is 0 Å². The maximum absolute atomic E-state index is 12.4. The first-order chi connectivity index (χ1) is 10.5. The average Bonchev–Trinajstić information content (AvgIpc) is 3.13. The molecule has 22 heavy (non-hydrogen) atoms. The number of nitrogens with zero attached hydrogens (tertiary/aromatic N) is 5. The van der Waals surface area contributed by atoms with Crippen LogP contribution in [0.5, 0.6) is 0 Å². The molecule has 120 valence electrons. The van der Waals surface area contributed by atoms with Gasteiger partial charge < -0.3 is 14.2 Å². The van der Waals surface area contributed by atoms with Gasteiger partial charge in [0.2, 0.25) is 0 Å². The summed E-state index contributed by atoms with van der Waals surface area (Å²) in [5.74, 6) is 0.951. The van der Waals surface area contributed by atoms with E-state index in [9.17, 15) is 4.79 Å². The SMILES string of the molecule is COCCn1cnnc1CN(C)C(=O)c1nc(C(C)C)cs1. The molecule has 0 N–H and O–H groups in total. The molecule has 0 atom stereocenters. The highest BCUT2D eigenvalue weighted by molar-refractivity contribution is 7.11. The Morgan fingerprint density at radius 2 is 2.27 bits per heavy atom. The lowest BCUT2D eigenvalue weighted by Gasteiger charge is -2.15. The van der Waals surface area contributed by atoms with Crippen LogP contribution in [0.2, 0.25) is 0 Å². The molecule has 0 unspecified atom stereocenters. The van der Waals surface area contributed by atoms with Gasteiger partial charge in [0.25, 0.3) is 5.91 Å². The zero-order chi connectivity index (χ0) is 16.1. The molecule has 0 bridgehead atoms. The molecule has 0 radical (unpaired) electrons. The van der Waals surface area contributed by atoms with Gasteiger partial charge in [-0.25, -0.2) is 4.98 Å². The minimum atomic E-state index is -0.0989. The number of amides is 1. The monoisotopic (exact) mass is 323 g/mol. The summed E-state index contributed by atoms with van der Waals surface area (Å²) in [7, 11) is 3.39. The molecule has 7 nitrogen and oxygen atoms in total. The minimum Gasteiger partial charge on any atom is -0.383 e. The summed E-state index contributed by atoms with van der Waals surface area (Å²) >= 11 is 1.38. The van der Waals surface area contributed by atoms with Gasteiger partial charge in [-0.2, -0.15) is 0 Å². The zero-order valence-electron chi connectivity index (χ0n) is 13.3. The number of carbonyl (C=O) groups excluding carboxylic acids is 1. The Morgan fingerprint density at radius 1 is 1.50 bits per heavy atom. The average molecular weight is 323 g/mol. The third-order valence-electron chi connectivity index (χ3n) is 3.25. The van der Waals surface area contributed by atoms with Crippen LogP contribution in [0.25, 0.3) is 0 Å². The number of rotatable bonds is 7. The van der Waals surface area contributed by atoms with Crippen molar-refractivity contribution in [2.45, 2.75) is 32.9 Å². The number of methoxy groups -OCH3 is 1. The standard InChI is InChI=1S/C14H21N5O2S/c1-10(2)11-8-22-13(16-11)14(20)18(3)7-12-17-15-9-19(12)5-6-21-4/h8-10H,5-7H2,1-4H3. The number of hydrogen-bond acceptors (Lipinski definition) is 6. The Balaban J connectivity index is 2.03. The predicted octanol–water partition coefficient (Wildman–Crippen LogP) is 1.78. The molecule has 8 heteroatoms. The maximum atomic E-state index is 12.4. The molecule has 2 aromatic rings. The largest absolute Gasteiger partial charge is 0.383 e. The van der Waals surface area contributed by atoms with Crippen molar-refractivity contribution in [3.05, 3.63) is 28.2 Å². The van der Waals surface area contributed by atoms with Crippen LogP contribution in [0, 0.1) is 0 Å². The molecule has 0 aromatic carbocycles. The Labute approximate surface area is 133 Å². The van der Waals surface area contributed by atoms with Crippen LogP contribution in [-0.2, 0) is 17.8 Å². The molecule has 1 amide bonds. The third kappa shape index (κ3) is 3.89. The van der Waals surface area contributed by atoms with Crippen molar-refractivity contribution in [2.75, 3.05) is 20.8 Å². The molecule has 0 spiro atoms. The van der Waals surface area contributed by atoms with E-state index in [2.05, 4.69) is 29.0 Å². The van der Waals surface area contributed by atoms with Crippen molar-refractivity contribution < 1.29 is 9.53 Å². The molecule has 0 aliphatic rings. The van der Waals surface area contributed by atoms with Crippen molar-refractivity contribution >= 4 is 17.2 Å². The lowest BCUT2D eigenvalue weighted by molar-refractivity contribution is 0.0778. The molecule has 0 fully saturated rings. The van der Waals surface area contributed by atoms with Gasteiger partial charge in [0, 0.05) is 26.1 Å². The van der Waals surface area contributed by atoms with Crippen molar-refractivity contribution in [3.63, 3.8) is 0 Å². The number of hydrogen-bond donors (Lipinski definition) is 0. The van der Waals surface area contributed by atoms with Crippen molar-refractivity contribution in [1.82, 2.24) is 24.6 Å². The van der Waals surface area contributed by atoms with Gasteiger partial charge in [0.15, 0.2) is 10.8 Å². The van der Waals surface area contributed by atoms with Gasteiger partial charge in [0.1, 0.15) is 6.33 Å². The van der Waals surface area contributed by atoms with E-state index in [0.29, 0.717) is 30.6 Å². The fourth-order valence-electron chi connectivity index (χ4n) is 1.87. The van der Waals surface area contributed by atoms with E-state index in [1.807, 2.05) is 9.95 Å². The molecule has 0 saturated heterocycles. The summed E-state index contributed by atoms with van der Waals surface area (Å²) in [4.78, 5) is 18.4. The molecule has 0 aliphatic heterocycles. The fourth-order valence-corrected chi connectivity index (χ4v) is 2.85. The number of ether oxygens (including phenoxy) is 1. The summed E-state index contributed by atoms with van der Waals surface area (Å²) in [5, 5.41) is 10.4. The molecule has 2 heterocycles. The summed E-state index contributed by atoms with van der Waals surface area (Å²) in [6.45, 7) is 5.75. The molecular weight excluding hydrogens is 302 g/mol. The highest BCUT2D eigenvalue weighted by Crippen LogP contribution is 2.19. The van der Waals surface area contributed by atoms with Gasteiger partial charge in [-0.3, -0.25) is 4.79 Å². The molecule has 0 saturated carbocycles. The molecule has 0 aliphatic carbocycles. The minimum absolute atomic E-state index is 0.0989. The first-order valence-corrected chi connectivity index (χ1v) is 7.97. The van der Waals surface area contributed by atoms with E-state index in [0.717, 1.165) is 11.5 Å². The summed E-state index contributed by atoms with van der Waals surface area (Å²) in [6.07, 6.45) is 1.65. The van der Waals surface area contributed by atoms with E-state index in [-0.39, 0.29) is 5.91 Å². The zero-order valence-corrected chi connectivity index (χ0v) is 14.1. The summed E-state index contributed by atoms with van der Waals surface area (Å²) < 4.78 is 6.94. The molecule has 2 rings (SSSR count). The van der Waals surface area contributed by atoms with Crippen LogP contribution in [0.3, 0.4) is 0 Å². The van der Waals surface area contributed by atoms with Crippen LogP contribution in [0.1, 0.15) is 41.1 Å². The quantitative estimate of drug-likeness (QED) is 0.776. The van der Waals surface area contributed by atoms with Gasteiger partial charge in [-0.15, -0.1) is 21.5 Å². The summed E-state index contributed by atoms with van der Waals surface area (Å²) in [5.41, 5.74) is 0.949. The number of carbonyl (C=O) groups is 1. The topological polar surface area (TPSA) is 73.1 Å².